The van der Waals surface area contributed by atoms with E-state index in [0.717, 1.165) is 36.3 Å². The molecule has 2 N–H and O–H groups in total. The lowest BCUT2D eigenvalue weighted by molar-refractivity contribution is 0.257. The number of aromatic nitrogens is 2. The van der Waals surface area contributed by atoms with Gasteiger partial charge in [-0.2, -0.15) is 0 Å². The number of rotatable bonds is 7. The molecular weight excluding hydrogens is 238 g/mol. The number of nitrogens with zero attached hydrogens (tertiary/aromatic N) is 3. The molecule has 2 rings (SSSR count). The minimum Gasteiger partial charge on any atom is -0.370 e. The van der Waals surface area contributed by atoms with Crippen LogP contribution in [0.25, 0.3) is 0 Å². The molecule has 1 aromatic rings. The van der Waals surface area contributed by atoms with E-state index in [1.54, 1.807) is 6.33 Å². The zero-order valence-electron chi connectivity index (χ0n) is 12.4. The summed E-state index contributed by atoms with van der Waals surface area (Å²) in [5.74, 6) is 1.85. The molecule has 0 aromatic carbocycles. The van der Waals surface area contributed by atoms with Gasteiger partial charge in [-0.25, -0.2) is 9.97 Å². The number of anilines is 2. The summed E-state index contributed by atoms with van der Waals surface area (Å²) in [6.07, 6.45) is 4.30. The van der Waals surface area contributed by atoms with E-state index in [0.29, 0.717) is 6.04 Å². The maximum Gasteiger partial charge on any atom is 0.134 e. The van der Waals surface area contributed by atoms with E-state index in [9.17, 15) is 0 Å². The maximum atomic E-state index is 4.33. The Kier molecular flexibility index (Phi) is 4.58. The fourth-order valence-corrected chi connectivity index (χ4v) is 2.20. The molecule has 0 radical (unpaired) electrons. The molecule has 1 unspecified atom stereocenters. The molecule has 0 saturated heterocycles. The van der Waals surface area contributed by atoms with Crippen LogP contribution >= 0.6 is 0 Å². The Morgan fingerprint density at radius 1 is 1.32 bits per heavy atom. The van der Waals surface area contributed by atoms with Crippen LogP contribution in [0.5, 0.6) is 0 Å². The molecule has 1 fully saturated rings. The molecule has 1 heterocycles. The van der Waals surface area contributed by atoms with Crippen LogP contribution in [0.2, 0.25) is 0 Å². The van der Waals surface area contributed by atoms with E-state index in [-0.39, 0.29) is 0 Å². The highest BCUT2D eigenvalue weighted by molar-refractivity contribution is 5.56. The van der Waals surface area contributed by atoms with Crippen LogP contribution in [0.15, 0.2) is 6.33 Å². The van der Waals surface area contributed by atoms with Gasteiger partial charge in [-0.1, -0.05) is 0 Å². The van der Waals surface area contributed by atoms with Gasteiger partial charge in [0.15, 0.2) is 0 Å². The number of likely N-dealkylation sites (N-methyl/N-ethyl adjacent to an activating group) is 1. The van der Waals surface area contributed by atoms with Crippen LogP contribution in [-0.2, 0) is 0 Å². The van der Waals surface area contributed by atoms with Crippen molar-refractivity contribution in [2.24, 2.45) is 0 Å². The van der Waals surface area contributed by atoms with Crippen LogP contribution in [0.4, 0.5) is 11.6 Å². The van der Waals surface area contributed by atoms with E-state index in [1.807, 2.05) is 0 Å². The third kappa shape index (κ3) is 3.56. The molecule has 5 heteroatoms. The molecule has 0 bridgehead atoms. The molecule has 1 atom stereocenters. The van der Waals surface area contributed by atoms with E-state index >= 15 is 0 Å². The van der Waals surface area contributed by atoms with Crippen molar-refractivity contribution in [1.82, 2.24) is 14.9 Å². The molecule has 1 aromatic heterocycles. The molecule has 5 nitrogen and oxygen atoms in total. The summed E-state index contributed by atoms with van der Waals surface area (Å²) in [7, 11) is 2.21. The zero-order chi connectivity index (χ0) is 13.8. The second-order valence-corrected chi connectivity index (χ2v) is 5.35. The third-order valence-corrected chi connectivity index (χ3v) is 3.81. The van der Waals surface area contributed by atoms with Crippen molar-refractivity contribution in [2.75, 3.05) is 30.8 Å². The Morgan fingerprint density at radius 3 is 2.53 bits per heavy atom. The molecule has 0 amide bonds. The monoisotopic (exact) mass is 263 g/mol. The van der Waals surface area contributed by atoms with Crippen molar-refractivity contribution >= 4 is 11.6 Å². The summed E-state index contributed by atoms with van der Waals surface area (Å²) in [5, 5.41) is 6.70. The molecular formula is C14H25N5. The highest BCUT2D eigenvalue weighted by Crippen LogP contribution is 2.27. The van der Waals surface area contributed by atoms with Crippen molar-refractivity contribution in [3.63, 3.8) is 0 Å². The summed E-state index contributed by atoms with van der Waals surface area (Å²) in [6, 6.07) is 1.31. The van der Waals surface area contributed by atoms with Crippen LogP contribution in [-0.4, -0.2) is 47.1 Å². The standard InChI is InChI=1S/C14H25N5/c1-5-15-13-11(3)14(18-9-17-13)16-8-10(2)19(4)12-6-7-12/h9-10,12H,5-8H2,1-4H3,(H2,15,16,17,18). The van der Waals surface area contributed by atoms with E-state index in [1.165, 1.54) is 12.8 Å². The van der Waals surface area contributed by atoms with Crippen LogP contribution in [0.1, 0.15) is 32.3 Å². The normalized spacial score (nSPS) is 16.5. The van der Waals surface area contributed by atoms with E-state index < -0.39 is 0 Å². The van der Waals surface area contributed by atoms with Gasteiger partial charge < -0.3 is 10.6 Å². The van der Waals surface area contributed by atoms with Gasteiger partial charge in [-0.3, -0.25) is 4.90 Å². The van der Waals surface area contributed by atoms with E-state index in [2.05, 4.69) is 53.3 Å². The summed E-state index contributed by atoms with van der Waals surface area (Å²) in [6.45, 7) is 8.17. The zero-order valence-corrected chi connectivity index (χ0v) is 12.4. The highest BCUT2D eigenvalue weighted by atomic mass is 15.2. The van der Waals surface area contributed by atoms with Crippen molar-refractivity contribution in [1.29, 1.82) is 0 Å². The fraction of sp³-hybridized carbons (Fsp3) is 0.714. The molecule has 1 aliphatic carbocycles. The Hall–Kier alpha value is -1.36. The predicted molar refractivity (Wildman–Crippen MR) is 79.7 cm³/mol. The van der Waals surface area contributed by atoms with Crippen LogP contribution in [0.3, 0.4) is 0 Å². The molecule has 106 valence electrons. The lowest BCUT2D eigenvalue weighted by Crippen LogP contribution is -2.36. The van der Waals surface area contributed by atoms with Gasteiger partial charge in [-0.05, 0) is 40.7 Å². The van der Waals surface area contributed by atoms with Crippen molar-refractivity contribution in [3.05, 3.63) is 11.9 Å². The highest BCUT2D eigenvalue weighted by Gasteiger charge is 2.28. The largest absolute Gasteiger partial charge is 0.370 e. The molecule has 1 saturated carbocycles. The second kappa shape index (κ2) is 6.19. The maximum absolute atomic E-state index is 4.33. The summed E-state index contributed by atoms with van der Waals surface area (Å²) < 4.78 is 0. The molecule has 0 aliphatic heterocycles. The molecule has 1 aliphatic rings. The van der Waals surface area contributed by atoms with Gasteiger partial charge in [0, 0.05) is 30.7 Å². The Morgan fingerprint density at radius 2 is 1.95 bits per heavy atom. The minimum atomic E-state index is 0.518. The summed E-state index contributed by atoms with van der Waals surface area (Å²) >= 11 is 0. The van der Waals surface area contributed by atoms with Gasteiger partial charge in [0.2, 0.25) is 0 Å². The third-order valence-electron chi connectivity index (χ3n) is 3.81. The van der Waals surface area contributed by atoms with Gasteiger partial charge in [0.1, 0.15) is 18.0 Å². The lowest BCUT2D eigenvalue weighted by Gasteiger charge is -2.25. The van der Waals surface area contributed by atoms with Crippen LogP contribution < -0.4 is 10.6 Å². The van der Waals surface area contributed by atoms with Gasteiger partial charge in [0.25, 0.3) is 0 Å². The van der Waals surface area contributed by atoms with Crippen molar-refractivity contribution in [3.8, 4) is 0 Å². The Labute approximate surface area is 115 Å². The number of hydrogen-bond acceptors (Lipinski definition) is 5. The average Bonchev–Trinajstić information content (AvgIpc) is 3.23. The van der Waals surface area contributed by atoms with E-state index in [4.69, 9.17) is 0 Å². The smallest absolute Gasteiger partial charge is 0.134 e. The first-order valence-corrected chi connectivity index (χ1v) is 7.14. The number of hydrogen-bond donors (Lipinski definition) is 2. The average molecular weight is 263 g/mol. The first-order valence-electron chi connectivity index (χ1n) is 7.14. The van der Waals surface area contributed by atoms with Gasteiger partial charge in [-0.15, -0.1) is 0 Å². The quantitative estimate of drug-likeness (QED) is 0.789. The van der Waals surface area contributed by atoms with Crippen molar-refractivity contribution in [2.45, 2.75) is 45.7 Å². The topological polar surface area (TPSA) is 53.1 Å². The van der Waals surface area contributed by atoms with Gasteiger partial charge >= 0.3 is 0 Å². The summed E-state index contributed by atoms with van der Waals surface area (Å²) in [5.41, 5.74) is 1.09. The minimum absolute atomic E-state index is 0.518. The first-order chi connectivity index (χ1) is 9.13. The molecule has 0 spiro atoms. The SMILES string of the molecule is CCNc1ncnc(NCC(C)N(C)C2CC2)c1C. The first kappa shape index (κ1) is 14.1. The Bertz CT molecular complexity index is 416. The van der Waals surface area contributed by atoms with Crippen molar-refractivity contribution < 1.29 is 0 Å². The fourth-order valence-electron chi connectivity index (χ4n) is 2.20. The Balaban J connectivity index is 1.93. The summed E-state index contributed by atoms with van der Waals surface area (Å²) in [4.78, 5) is 11.0. The number of nitrogens with one attached hydrogen (secondary N) is 2. The second-order valence-electron chi connectivity index (χ2n) is 5.35. The molecule has 19 heavy (non-hydrogen) atoms. The van der Waals surface area contributed by atoms with Crippen LogP contribution in [0, 0.1) is 6.92 Å². The lowest BCUT2D eigenvalue weighted by atomic mass is 10.2. The van der Waals surface area contributed by atoms with Gasteiger partial charge in [0.05, 0.1) is 0 Å². The predicted octanol–water partition coefficient (Wildman–Crippen LogP) is 2.11.